The third-order valence-corrected chi connectivity index (χ3v) is 16.1. The first-order chi connectivity index (χ1) is 42.0. The highest BCUT2D eigenvalue weighted by Gasteiger charge is 2.30. The maximum Gasteiger partial charge on any atom is 0.311 e. The van der Waals surface area contributed by atoms with Crippen molar-refractivity contribution in [3.63, 3.8) is 0 Å². The molecule has 0 aliphatic carbocycles. The molecule has 3 aromatic heterocycles. The van der Waals surface area contributed by atoms with Crippen LogP contribution in [0.25, 0.3) is 50.2 Å². The summed E-state index contributed by atoms with van der Waals surface area (Å²) in [6.07, 6.45) is 8.63. The molecule has 0 bridgehead atoms. The molecule has 0 fully saturated rings. The van der Waals surface area contributed by atoms with E-state index in [-0.39, 0.29) is 30.8 Å². The zero-order chi connectivity index (χ0) is 63.2. The summed E-state index contributed by atoms with van der Waals surface area (Å²) >= 11 is 0. The molecule has 1 unspecified atom stereocenters. The Morgan fingerprint density at radius 1 is 0.511 bits per heavy atom. The molecule has 9 aromatic rings. The van der Waals surface area contributed by atoms with Crippen molar-refractivity contribution in [2.75, 3.05) is 19.8 Å². The van der Waals surface area contributed by atoms with E-state index in [4.69, 9.17) is 28.1 Å². The van der Waals surface area contributed by atoms with Crippen molar-refractivity contribution >= 4 is 65.6 Å². The smallest absolute Gasteiger partial charge is 0.311 e. The molecule has 1 aliphatic rings. The Hall–Kier alpha value is -9.04. The van der Waals surface area contributed by atoms with Crippen molar-refractivity contribution < 1.29 is 47.3 Å². The van der Waals surface area contributed by atoms with Gasteiger partial charge >= 0.3 is 17.9 Å². The normalized spacial score (nSPS) is 13.2. The van der Waals surface area contributed by atoms with E-state index in [9.17, 15) is 19.2 Å². The van der Waals surface area contributed by atoms with Gasteiger partial charge in [-0.05, 0) is 176 Å². The lowest BCUT2D eigenvalue weighted by Gasteiger charge is -2.22. The first-order valence-electron chi connectivity index (χ1n) is 30.0. The predicted octanol–water partition coefficient (Wildman–Crippen LogP) is 13.5. The van der Waals surface area contributed by atoms with Crippen LogP contribution in [-0.2, 0) is 52.6 Å². The van der Waals surface area contributed by atoms with Crippen molar-refractivity contribution in [3.05, 3.63) is 162 Å². The SMILES string of the molecule is CCC(C)(C)C(=O)OCCc1ccc(C=O)c(-n2nc3ccccc3n2)c1.CCC(C)(C)C(=O)OCCc1ccc(OC2CC=CO2)c(-n2nc3ccccc3n2)c1.CCC(C)(C)C(=O)OCCc1ccc(O[Si](C)(C)C)c(-n2nc3ccccc3n2)c1. The maximum absolute atomic E-state index is 12.2. The van der Waals surface area contributed by atoms with Gasteiger partial charge in [0, 0.05) is 31.2 Å². The maximum atomic E-state index is 12.2. The molecule has 10 rings (SSSR count). The number of ether oxygens (including phenoxy) is 5. The molecule has 462 valence electrons. The van der Waals surface area contributed by atoms with E-state index in [2.05, 4.69) is 50.2 Å². The number of hydrogen-bond donors (Lipinski definition) is 0. The Labute approximate surface area is 515 Å². The largest absolute Gasteiger partial charge is 0.543 e. The van der Waals surface area contributed by atoms with Crippen molar-refractivity contribution in [1.82, 2.24) is 45.0 Å². The number of fused-ring (bicyclic) bond motifs is 3. The minimum Gasteiger partial charge on any atom is -0.543 e. The fraction of sp³-hybridized carbons (Fsp3) is 0.382. The van der Waals surface area contributed by atoms with E-state index in [0.717, 1.165) is 86.8 Å². The average molecular weight is 1210 g/mol. The van der Waals surface area contributed by atoms with Crippen molar-refractivity contribution in [2.24, 2.45) is 16.2 Å². The number of esters is 3. The Morgan fingerprint density at radius 3 is 1.19 bits per heavy atom. The molecule has 0 radical (unpaired) electrons. The fourth-order valence-corrected chi connectivity index (χ4v) is 9.40. The van der Waals surface area contributed by atoms with Gasteiger partial charge in [-0.25, -0.2) is 0 Å². The zero-order valence-corrected chi connectivity index (χ0v) is 53.6. The van der Waals surface area contributed by atoms with Crippen LogP contribution in [0.1, 0.15) is 115 Å². The second kappa shape index (κ2) is 28.6. The molecule has 20 heteroatoms. The van der Waals surface area contributed by atoms with Gasteiger partial charge in [-0.1, -0.05) is 75.4 Å². The summed E-state index contributed by atoms with van der Waals surface area (Å²) in [5.41, 5.74) is 8.97. The summed E-state index contributed by atoms with van der Waals surface area (Å²) in [4.78, 5) is 52.7. The highest BCUT2D eigenvalue weighted by molar-refractivity contribution is 6.70. The van der Waals surface area contributed by atoms with Crippen LogP contribution in [0, 0.1) is 16.2 Å². The van der Waals surface area contributed by atoms with Crippen molar-refractivity contribution in [3.8, 4) is 28.6 Å². The number of aromatic nitrogens is 9. The number of benzene rings is 6. The van der Waals surface area contributed by atoms with Crippen LogP contribution in [0.3, 0.4) is 0 Å². The van der Waals surface area contributed by atoms with Gasteiger partial charge in [-0.3, -0.25) is 19.2 Å². The van der Waals surface area contributed by atoms with Crippen LogP contribution in [0.2, 0.25) is 19.6 Å². The van der Waals surface area contributed by atoms with Gasteiger partial charge in [0.05, 0.1) is 48.0 Å². The van der Waals surface area contributed by atoms with Crippen molar-refractivity contribution in [1.29, 1.82) is 0 Å². The molecule has 88 heavy (non-hydrogen) atoms. The second-order valence-electron chi connectivity index (χ2n) is 24.4. The van der Waals surface area contributed by atoms with Gasteiger partial charge in [0.2, 0.25) is 14.6 Å². The lowest BCUT2D eigenvalue weighted by atomic mass is 9.91. The van der Waals surface area contributed by atoms with E-state index >= 15 is 0 Å². The predicted molar refractivity (Wildman–Crippen MR) is 341 cm³/mol. The Bertz CT molecular complexity index is 3810. The molecule has 19 nitrogen and oxygen atoms in total. The first kappa shape index (κ1) is 64.9. The van der Waals surface area contributed by atoms with E-state index in [0.29, 0.717) is 61.6 Å². The Balaban J connectivity index is 0.000000171. The lowest BCUT2D eigenvalue weighted by Crippen LogP contribution is -2.30. The Kier molecular flexibility index (Phi) is 21.1. The van der Waals surface area contributed by atoms with Gasteiger partial charge in [0.25, 0.3) is 0 Å². The fourth-order valence-electron chi connectivity index (χ4n) is 8.57. The minimum absolute atomic E-state index is 0.163. The van der Waals surface area contributed by atoms with Gasteiger partial charge in [0.15, 0.2) is 12.0 Å². The number of rotatable bonds is 23. The van der Waals surface area contributed by atoms with E-state index in [1.165, 1.54) is 4.80 Å². The Morgan fingerprint density at radius 2 is 0.852 bits per heavy atom. The number of aldehydes is 1. The van der Waals surface area contributed by atoms with Crippen molar-refractivity contribution in [2.45, 2.75) is 133 Å². The molecule has 0 amide bonds. The molecule has 1 aliphatic heterocycles. The standard InChI is InChI=1S/C24H27N3O4.C23H31N3O3Si.C21H23N3O3/c1-4-24(2,3)23(28)30-15-13-17-11-12-21(31-22-10-7-14-29-22)20(16-17)27-25-18-8-5-6-9-19(18)26-27;1-7-23(2,3)22(27)28-15-14-17-12-13-21(29-30(4,5)6)20(16-17)26-24-18-10-8-9-11-19(18)25-26;1-4-21(2,3)20(26)27-12-11-15-9-10-16(14-25)19(13-15)24-22-17-7-5-6-8-18(17)23-24/h5-9,11-12,14,16,22H,4,10,13,15H2,1-3H3;8-13,16H,7,14-15H2,1-6H3;5-10,13-14H,4,11-12H2,1-3H3. The summed E-state index contributed by atoms with van der Waals surface area (Å²) < 4.78 is 34.2. The molecule has 6 aromatic carbocycles. The third-order valence-electron chi connectivity index (χ3n) is 15.3. The van der Waals surface area contributed by atoms with Gasteiger partial charge < -0.3 is 28.1 Å². The van der Waals surface area contributed by atoms with Gasteiger partial charge in [0.1, 0.15) is 50.2 Å². The zero-order valence-electron chi connectivity index (χ0n) is 52.6. The van der Waals surface area contributed by atoms with Crippen LogP contribution < -0.4 is 9.16 Å². The number of carbonyl (C=O) groups is 4. The summed E-state index contributed by atoms with van der Waals surface area (Å²) in [6.45, 7) is 24.7. The van der Waals surface area contributed by atoms with E-state index in [1.807, 2.05) is 190 Å². The van der Waals surface area contributed by atoms with Crippen LogP contribution in [0.4, 0.5) is 0 Å². The second-order valence-corrected chi connectivity index (χ2v) is 28.9. The number of carbonyl (C=O) groups excluding carboxylic acids is 4. The molecule has 1 atom stereocenters. The first-order valence-corrected chi connectivity index (χ1v) is 33.4. The summed E-state index contributed by atoms with van der Waals surface area (Å²) in [7, 11) is -1.82. The molecule has 0 saturated carbocycles. The molecule has 0 spiro atoms. The highest BCUT2D eigenvalue weighted by Crippen LogP contribution is 2.31. The van der Waals surface area contributed by atoms with Crippen LogP contribution in [0.15, 0.2) is 140 Å². The summed E-state index contributed by atoms with van der Waals surface area (Å²) in [5.74, 6) is 0.851. The van der Waals surface area contributed by atoms with E-state index in [1.54, 1.807) is 21.9 Å². The molecule has 0 N–H and O–H groups in total. The molecular weight excluding hydrogens is 1130 g/mol. The number of hydrogen-bond acceptors (Lipinski definition) is 16. The van der Waals surface area contributed by atoms with Gasteiger partial charge in [-0.2, -0.15) is 0 Å². The van der Waals surface area contributed by atoms with Crippen LogP contribution >= 0.6 is 0 Å². The highest BCUT2D eigenvalue weighted by atomic mass is 28.4. The van der Waals surface area contributed by atoms with Crippen LogP contribution in [-0.4, -0.2) is 104 Å². The average Bonchev–Trinajstić information content (AvgIpc) is 3.80. The van der Waals surface area contributed by atoms with Gasteiger partial charge in [-0.15, -0.1) is 45.0 Å². The quantitative estimate of drug-likeness (QED) is 0.0252. The van der Waals surface area contributed by atoms with Crippen LogP contribution in [0.5, 0.6) is 11.5 Å². The summed E-state index contributed by atoms with van der Waals surface area (Å²) in [5, 5.41) is 27.3. The minimum atomic E-state index is -1.82. The molecular formula is C68H81N9O10Si. The summed E-state index contributed by atoms with van der Waals surface area (Å²) in [6, 6.07) is 40.3. The van der Waals surface area contributed by atoms with E-state index < -0.39 is 24.6 Å². The molecule has 0 saturated heterocycles. The third kappa shape index (κ3) is 16.9. The number of nitrogens with zero attached hydrogens (tertiary/aromatic N) is 9. The topological polar surface area (TPSA) is 216 Å². The lowest BCUT2D eigenvalue weighted by molar-refractivity contribution is -0.154. The monoisotopic (exact) mass is 1210 g/mol. The molecule has 4 heterocycles.